The van der Waals surface area contributed by atoms with Crippen molar-refractivity contribution in [2.75, 3.05) is 0 Å². The molecule has 1 aromatic heterocycles. The maximum absolute atomic E-state index is 11.7. The van der Waals surface area contributed by atoms with E-state index >= 15 is 0 Å². The Labute approximate surface area is 105 Å². The number of carbonyl (C=O) groups excluding carboxylic acids is 1. The van der Waals surface area contributed by atoms with Crippen LogP contribution in [0.2, 0.25) is 0 Å². The quantitative estimate of drug-likeness (QED) is 0.841. The Kier molecular flexibility index (Phi) is 3.57. The molecule has 0 amide bonds. The maximum Gasteiger partial charge on any atom is 0.338 e. The molecule has 0 unspecified atom stereocenters. The minimum atomic E-state index is -0.476. The lowest BCUT2D eigenvalue weighted by Gasteiger charge is -2.05. The highest BCUT2D eigenvalue weighted by Gasteiger charge is 2.09. The average molecular weight is 243 g/mol. The second-order valence-corrected chi connectivity index (χ2v) is 3.90. The van der Waals surface area contributed by atoms with Crippen LogP contribution in [0.4, 0.5) is 0 Å². The number of carbonyl (C=O) groups is 1. The predicted molar refractivity (Wildman–Crippen MR) is 66.2 cm³/mol. The van der Waals surface area contributed by atoms with Crippen molar-refractivity contribution < 1.29 is 14.6 Å². The minimum Gasteiger partial charge on any atom is -0.508 e. The van der Waals surface area contributed by atoms with Crippen molar-refractivity contribution in [3.63, 3.8) is 0 Å². The molecule has 4 nitrogen and oxygen atoms in total. The van der Waals surface area contributed by atoms with Gasteiger partial charge in [0.1, 0.15) is 12.4 Å². The van der Waals surface area contributed by atoms with Crippen LogP contribution >= 0.6 is 0 Å². The van der Waals surface area contributed by atoms with Crippen LogP contribution in [0.3, 0.4) is 0 Å². The van der Waals surface area contributed by atoms with Crippen molar-refractivity contribution in [2.45, 2.75) is 13.5 Å². The van der Waals surface area contributed by atoms with Gasteiger partial charge in [-0.3, -0.25) is 4.98 Å². The third kappa shape index (κ3) is 2.85. The van der Waals surface area contributed by atoms with E-state index in [1.165, 1.54) is 6.07 Å². The smallest absolute Gasteiger partial charge is 0.338 e. The van der Waals surface area contributed by atoms with Crippen molar-refractivity contribution in [1.29, 1.82) is 0 Å². The zero-order chi connectivity index (χ0) is 13.0. The number of nitrogens with zero attached hydrogens (tertiary/aromatic N) is 1. The number of rotatable bonds is 3. The first-order valence-electron chi connectivity index (χ1n) is 5.53. The van der Waals surface area contributed by atoms with E-state index in [0.717, 1.165) is 5.56 Å². The Hall–Kier alpha value is -2.36. The number of phenolic OH excluding ortho intramolecular Hbond substituents is 1. The third-order valence-electron chi connectivity index (χ3n) is 2.52. The number of ether oxygens (including phenoxy) is 1. The van der Waals surface area contributed by atoms with Crippen molar-refractivity contribution in [2.24, 2.45) is 0 Å². The molecule has 0 atom stereocenters. The van der Waals surface area contributed by atoms with Crippen LogP contribution in [0.1, 0.15) is 21.6 Å². The van der Waals surface area contributed by atoms with Crippen molar-refractivity contribution in [3.8, 4) is 5.75 Å². The Morgan fingerprint density at radius 1 is 1.33 bits per heavy atom. The van der Waals surface area contributed by atoms with Gasteiger partial charge in [-0.25, -0.2) is 4.79 Å². The van der Waals surface area contributed by atoms with Gasteiger partial charge < -0.3 is 9.84 Å². The lowest BCUT2D eigenvalue weighted by molar-refractivity contribution is 0.0467. The van der Waals surface area contributed by atoms with Crippen LogP contribution in [-0.2, 0) is 11.3 Å². The number of benzene rings is 1. The van der Waals surface area contributed by atoms with E-state index in [0.29, 0.717) is 11.3 Å². The molecule has 4 heteroatoms. The number of pyridine rings is 1. The monoisotopic (exact) mass is 243 g/mol. The van der Waals surface area contributed by atoms with Gasteiger partial charge in [0.05, 0.1) is 11.3 Å². The van der Waals surface area contributed by atoms with Gasteiger partial charge in [-0.1, -0.05) is 12.1 Å². The van der Waals surface area contributed by atoms with Gasteiger partial charge >= 0.3 is 5.97 Å². The highest BCUT2D eigenvalue weighted by Crippen LogP contribution is 2.18. The molecular weight excluding hydrogens is 230 g/mol. The predicted octanol–water partition coefficient (Wildman–Crippen LogP) is 2.45. The summed E-state index contributed by atoms with van der Waals surface area (Å²) in [5.74, 6) is -0.391. The van der Waals surface area contributed by atoms with E-state index in [4.69, 9.17) is 4.74 Å². The lowest BCUT2D eigenvalue weighted by Crippen LogP contribution is -2.06. The summed E-state index contributed by atoms with van der Waals surface area (Å²) in [6.07, 6.45) is 1.64. The molecule has 0 fully saturated rings. The summed E-state index contributed by atoms with van der Waals surface area (Å²) in [5.41, 5.74) is 1.73. The zero-order valence-corrected chi connectivity index (χ0v) is 9.96. The SMILES string of the molecule is Cc1ccc(C(=O)OCc2ccccn2)cc1O. The van der Waals surface area contributed by atoms with E-state index in [9.17, 15) is 9.90 Å². The first kappa shape index (κ1) is 12.1. The molecule has 0 aliphatic heterocycles. The molecule has 1 heterocycles. The summed E-state index contributed by atoms with van der Waals surface area (Å²) < 4.78 is 5.10. The van der Waals surface area contributed by atoms with Crippen molar-refractivity contribution >= 4 is 5.97 Å². The second-order valence-electron chi connectivity index (χ2n) is 3.90. The Morgan fingerprint density at radius 2 is 2.17 bits per heavy atom. The first-order chi connectivity index (χ1) is 8.66. The topological polar surface area (TPSA) is 59.4 Å². The van der Waals surface area contributed by atoms with Crippen LogP contribution in [-0.4, -0.2) is 16.1 Å². The lowest BCUT2D eigenvalue weighted by atomic mass is 10.1. The fraction of sp³-hybridized carbons (Fsp3) is 0.143. The molecule has 0 spiro atoms. The van der Waals surface area contributed by atoms with E-state index in [1.807, 2.05) is 6.07 Å². The standard InChI is InChI=1S/C14H13NO3/c1-10-5-6-11(8-13(10)16)14(17)18-9-12-4-2-3-7-15-12/h2-8,16H,9H2,1H3. The second kappa shape index (κ2) is 5.31. The Morgan fingerprint density at radius 3 is 2.83 bits per heavy atom. The number of esters is 1. The van der Waals surface area contributed by atoms with E-state index in [1.54, 1.807) is 37.4 Å². The van der Waals surface area contributed by atoms with Crippen molar-refractivity contribution in [1.82, 2.24) is 4.98 Å². The molecule has 2 aromatic rings. The number of hydrogen-bond donors (Lipinski definition) is 1. The molecule has 92 valence electrons. The molecule has 18 heavy (non-hydrogen) atoms. The summed E-state index contributed by atoms with van der Waals surface area (Å²) in [4.78, 5) is 15.8. The van der Waals surface area contributed by atoms with Crippen LogP contribution < -0.4 is 0 Å². The summed E-state index contributed by atoms with van der Waals surface area (Å²) >= 11 is 0. The molecular formula is C14H13NO3. The summed E-state index contributed by atoms with van der Waals surface area (Å²) in [5, 5.41) is 9.51. The van der Waals surface area contributed by atoms with Crippen LogP contribution in [0, 0.1) is 6.92 Å². The highest BCUT2D eigenvalue weighted by atomic mass is 16.5. The van der Waals surface area contributed by atoms with Gasteiger partial charge in [0.2, 0.25) is 0 Å². The van der Waals surface area contributed by atoms with E-state index < -0.39 is 5.97 Å². The Bertz CT molecular complexity index is 552. The van der Waals surface area contributed by atoms with E-state index in [-0.39, 0.29) is 12.4 Å². The zero-order valence-electron chi connectivity index (χ0n) is 9.96. The van der Waals surface area contributed by atoms with Gasteiger partial charge in [0.25, 0.3) is 0 Å². The minimum absolute atomic E-state index is 0.0855. The first-order valence-corrected chi connectivity index (χ1v) is 5.53. The van der Waals surface area contributed by atoms with Gasteiger partial charge in [-0.15, -0.1) is 0 Å². The number of aromatic nitrogens is 1. The summed E-state index contributed by atoms with van der Waals surface area (Å²) in [6, 6.07) is 10.1. The van der Waals surface area contributed by atoms with Gasteiger partial charge in [-0.05, 0) is 36.8 Å². The molecule has 0 saturated carbocycles. The molecule has 2 rings (SSSR count). The van der Waals surface area contributed by atoms with Crippen LogP contribution in [0.5, 0.6) is 5.75 Å². The largest absolute Gasteiger partial charge is 0.508 e. The molecule has 0 saturated heterocycles. The molecule has 1 N–H and O–H groups in total. The summed E-state index contributed by atoms with van der Waals surface area (Å²) in [7, 11) is 0. The van der Waals surface area contributed by atoms with E-state index in [2.05, 4.69) is 4.98 Å². The Balaban J connectivity index is 2.02. The van der Waals surface area contributed by atoms with Crippen molar-refractivity contribution in [3.05, 3.63) is 59.4 Å². The van der Waals surface area contributed by atoms with Gasteiger partial charge in [0.15, 0.2) is 0 Å². The molecule has 0 aliphatic rings. The number of aryl methyl sites for hydroxylation is 1. The normalized spacial score (nSPS) is 10.1. The molecule has 0 bridgehead atoms. The molecule has 0 aliphatic carbocycles. The maximum atomic E-state index is 11.7. The fourth-order valence-electron chi connectivity index (χ4n) is 1.44. The average Bonchev–Trinajstić information content (AvgIpc) is 2.40. The number of aromatic hydroxyl groups is 1. The highest BCUT2D eigenvalue weighted by molar-refractivity contribution is 5.89. The van der Waals surface area contributed by atoms with Gasteiger partial charge in [-0.2, -0.15) is 0 Å². The number of phenols is 1. The molecule has 0 radical (unpaired) electrons. The van der Waals surface area contributed by atoms with Crippen LogP contribution in [0.15, 0.2) is 42.6 Å². The van der Waals surface area contributed by atoms with Gasteiger partial charge in [0, 0.05) is 6.20 Å². The number of hydrogen-bond acceptors (Lipinski definition) is 4. The fourth-order valence-corrected chi connectivity index (χ4v) is 1.44. The molecule has 1 aromatic carbocycles. The summed E-state index contributed by atoms with van der Waals surface area (Å²) in [6.45, 7) is 1.88. The van der Waals surface area contributed by atoms with Crippen LogP contribution in [0.25, 0.3) is 0 Å². The third-order valence-corrected chi connectivity index (χ3v) is 2.52.